The molecule has 204 valence electrons. The van der Waals surface area contributed by atoms with Crippen LogP contribution < -0.4 is 51.4 Å². The molecule has 0 spiro atoms. The Labute approximate surface area is 268 Å². The Hall–Kier alpha value is -0.424. The molecule has 38 heavy (non-hydrogen) atoms. The first kappa shape index (κ1) is 30.5. The summed E-state index contributed by atoms with van der Waals surface area (Å²) in [5.74, 6) is -1.36. The number of benzene rings is 1. The Balaban J connectivity index is 0.00000336. The standard InChI is InChI=1S/C29H40O7S.K/c1-16-22-17(13-18(30)23(16)31)27(4)10-12-29(6)21-15-26(3,24(32)33)8-7-25(21,2)9-11-28(29,5)20(27)14-19(22)37(34,35)36;/h13-14,19,21,30-31H,7-12,15H2,1-6H3,(H,32,33)(H,34,35,36);/q;+1/p-1/t19?,21-,25-,26-,27+,28-,29+;/m1./s1. The maximum Gasteiger partial charge on any atom is 1.00 e. The van der Waals surface area contributed by atoms with Gasteiger partial charge in [-0.2, -0.15) is 0 Å². The van der Waals surface area contributed by atoms with Crippen LogP contribution in [0.3, 0.4) is 0 Å². The average molecular weight is 571 g/mol. The minimum absolute atomic E-state index is 0. The van der Waals surface area contributed by atoms with E-state index in [0.717, 1.165) is 31.3 Å². The van der Waals surface area contributed by atoms with Crippen LogP contribution in [0.1, 0.15) is 102 Å². The van der Waals surface area contributed by atoms with Gasteiger partial charge in [-0.3, -0.25) is 4.79 Å². The molecule has 3 N–H and O–H groups in total. The van der Waals surface area contributed by atoms with Gasteiger partial charge in [0.05, 0.1) is 10.7 Å². The van der Waals surface area contributed by atoms with Gasteiger partial charge in [0.2, 0.25) is 0 Å². The number of allylic oxidation sites excluding steroid dienone is 1. The van der Waals surface area contributed by atoms with Crippen LogP contribution in [-0.2, 0) is 20.3 Å². The molecule has 0 amide bonds. The van der Waals surface area contributed by atoms with Gasteiger partial charge in [-0.15, -0.1) is 0 Å². The number of aromatic hydroxyl groups is 2. The number of fused-ring (bicyclic) bond motifs is 7. The van der Waals surface area contributed by atoms with E-state index in [9.17, 15) is 33.1 Å². The summed E-state index contributed by atoms with van der Waals surface area (Å²) in [5.41, 5.74) is -0.211. The molecular formula is C29H39KO7S. The fourth-order valence-corrected chi connectivity index (χ4v) is 10.0. The topological polar surface area (TPSA) is 135 Å². The Morgan fingerprint density at radius 3 is 2.18 bits per heavy atom. The third-order valence-electron chi connectivity index (χ3n) is 11.9. The third-order valence-corrected chi connectivity index (χ3v) is 12.9. The molecule has 1 aromatic carbocycles. The fourth-order valence-electron chi connectivity index (χ4n) is 9.11. The van der Waals surface area contributed by atoms with E-state index in [2.05, 4.69) is 27.7 Å². The second-order valence-corrected chi connectivity index (χ2v) is 15.2. The van der Waals surface area contributed by atoms with Crippen molar-refractivity contribution in [3.05, 3.63) is 34.4 Å². The summed E-state index contributed by atoms with van der Waals surface area (Å²) in [6.07, 6.45) is 6.89. The van der Waals surface area contributed by atoms with Gasteiger partial charge in [0.15, 0.2) is 11.5 Å². The van der Waals surface area contributed by atoms with Crippen molar-refractivity contribution in [1.29, 1.82) is 0 Å². The first-order chi connectivity index (χ1) is 16.8. The summed E-state index contributed by atoms with van der Waals surface area (Å²) in [6, 6.07) is 1.45. The van der Waals surface area contributed by atoms with Crippen molar-refractivity contribution in [1.82, 2.24) is 0 Å². The van der Waals surface area contributed by atoms with E-state index in [1.807, 2.05) is 6.92 Å². The summed E-state index contributed by atoms with van der Waals surface area (Å²) in [7, 11) is -4.82. The fraction of sp³-hybridized carbons (Fsp3) is 0.690. The second kappa shape index (κ2) is 9.04. The molecule has 0 saturated heterocycles. The molecule has 3 fully saturated rings. The second-order valence-electron chi connectivity index (χ2n) is 13.7. The summed E-state index contributed by atoms with van der Waals surface area (Å²) < 4.78 is 38.0. The Morgan fingerprint density at radius 2 is 1.61 bits per heavy atom. The predicted molar refractivity (Wildman–Crippen MR) is 138 cm³/mol. The maximum absolute atomic E-state index is 12.7. The first-order valence-electron chi connectivity index (χ1n) is 13.3. The van der Waals surface area contributed by atoms with E-state index in [-0.39, 0.29) is 85.0 Å². The predicted octanol–water partition coefficient (Wildman–Crippen LogP) is 2.69. The van der Waals surface area contributed by atoms with E-state index >= 15 is 0 Å². The van der Waals surface area contributed by atoms with Gasteiger partial charge in [-0.1, -0.05) is 39.3 Å². The molecular weight excluding hydrogens is 531 g/mol. The molecule has 1 unspecified atom stereocenters. The zero-order valence-electron chi connectivity index (χ0n) is 23.6. The molecule has 4 aliphatic rings. The van der Waals surface area contributed by atoms with Crippen LogP contribution in [0.5, 0.6) is 11.5 Å². The van der Waals surface area contributed by atoms with Crippen molar-refractivity contribution in [2.45, 2.75) is 97.2 Å². The molecule has 4 aliphatic carbocycles. The van der Waals surface area contributed by atoms with Crippen LogP contribution in [0.2, 0.25) is 0 Å². The Kier molecular flexibility index (Phi) is 7.26. The average Bonchev–Trinajstić information content (AvgIpc) is 2.80. The minimum Gasteiger partial charge on any atom is -0.747 e. The van der Waals surface area contributed by atoms with Crippen LogP contribution in [-0.4, -0.2) is 34.3 Å². The van der Waals surface area contributed by atoms with Gasteiger partial charge in [0, 0.05) is 5.41 Å². The first-order valence-corrected chi connectivity index (χ1v) is 14.8. The normalized spacial score (nSPS) is 41.9. The SMILES string of the molecule is Cc1c(O)c(O)cc2c1C(S(=O)(=O)[O-])C=C1[C@@]2(C)CC[C@@]2(C)[C@@H]3C[C@](C)(C(=O)O)CC[C@]3(C)CC[C@]12C.[K+]. The van der Waals surface area contributed by atoms with Crippen molar-refractivity contribution in [2.75, 3.05) is 0 Å². The molecule has 3 saturated carbocycles. The maximum atomic E-state index is 12.7. The molecule has 9 heteroatoms. The van der Waals surface area contributed by atoms with Crippen molar-refractivity contribution < 1.29 is 84.5 Å². The Morgan fingerprint density at radius 1 is 1.00 bits per heavy atom. The number of aliphatic carboxylic acids is 1. The van der Waals surface area contributed by atoms with Gasteiger partial charge in [0.25, 0.3) is 0 Å². The summed E-state index contributed by atoms with van der Waals surface area (Å²) in [5, 5.41) is 29.6. The van der Waals surface area contributed by atoms with E-state index in [0.29, 0.717) is 24.8 Å². The number of phenolic OH excluding ortho intramolecular Hbond substituents is 2. The number of rotatable bonds is 2. The van der Waals surface area contributed by atoms with Crippen LogP contribution in [0.4, 0.5) is 0 Å². The monoisotopic (exact) mass is 570 g/mol. The van der Waals surface area contributed by atoms with Gasteiger partial charge in [-0.25, -0.2) is 8.42 Å². The molecule has 1 aromatic rings. The van der Waals surface area contributed by atoms with Crippen LogP contribution >= 0.6 is 0 Å². The third kappa shape index (κ3) is 3.89. The van der Waals surface area contributed by atoms with Crippen molar-refractivity contribution >= 4 is 16.1 Å². The van der Waals surface area contributed by atoms with Crippen LogP contribution in [0.15, 0.2) is 17.7 Å². The molecule has 7 atom stereocenters. The number of carboxylic acids is 1. The zero-order valence-corrected chi connectivity index (χ0v) is 27.6. The number of carboxylic acid groups (broad SMARTS) is 1. The van der Waals surface area contributed by atoms with Crippen molar-refractivity contribution in [2.24, 2.45) is 27.6 Å². The van der Waals surface area contributed by atoms with Crippen LogP contribution in [0.25, 0.3) is 0 Å². The van der Waals surface area contributed by atoms with Crippen molar-refractivity contribution in [3.63, 3.8) is 0 Å². The molecule has 5 rings (SSSR count). The quantitative estimate of drug-likeness (QED) is 0.215. The molecule has 0 aromatic heterocycles. The minimum atomic E-state index is -4.82. The Bertz CT molecular complexity index is 1350. The van der Waals surface area contributed by atoms with Gasteiger partial charge >= 0.3 is 57.4 Å². The number of carbonyl (C=O) groups is 1. The molecule has 7 nitrogen and oxygen atoms in total. The van der Waals surface area contributed by atoms with Gasteiger partial charge in [0.1, 0.15) is 10.1 Å². The van der Waals surface area contributed by atoms with Gasteiger partial charge in [-0.05, 0) is 104 Å². The van der Waals surface area contributed by atoms with Crippen LogP contribution in [0, 0.1) is 34.5 Å². The van der Waals surface area contributed by atoms with Gasteiger partial charge < -0.3 is 19.9 Å². The molecule has 0 radical (unpaired) electrons. The number of hydrogen-bond acceptors (Lipinski definition) is 6. The molecule has 0 aliphatic heterocycles. The van der Waals surface area contributed by atoms with Crippen molar-refractivity contribution in [3.8, 4) is 11.5 Å². The number of hydrogen-bond donors (Lipinski definition) is 3. The van der Waals surface area contributed by atoms with E-state index < -0.39 is 43.3 Å². The van der Waals surface area contributed by atoms with E-state index in [1.165, 1.54) is 6.07 Å². The largest absolute Gasteiger partial charge is 1.00 e. The summed E-state index contributed by atoms with van der Waals surface area (Å²) >= 11 is 0. The molecule has 0 bridgehead atoms. The van der Waals surface area contributed by atoms with E-state index in [1.54, 1.807) is 13.0 Å². The summed E-state index contributed by atoms with van der Waals surface area (Å²) in [4.78, 5) is 12.3. The smallest absolute Gasteiger partial charge is 0.747 e. The van der Waals surface area contributed by atoms with E-state index in [4.69, 9.17) is 0 Å². The zero-order chi connectivity index (χ0) is 27.6. The summed E-state index contributed by atoms with van der Waals surface area (Å²) in [6.45, 7) is 12.2. The molecule has 0 heterocycles. The number of phenols is 2.